The fourth-order valence-electron chi connectivity index (χ4n) is 3.92. The zero-order chi connectivity index (χ0) is 16.9. The molecule has 5 heteroatoms. The van der Waals surface area contributed by atoms with E-state index in [0.29, 0.717) is 18.2 Å². The summed E-state index contributed by atoms with van der Waals surface area (Å²) in [5.74, 6) is 1.24. The van der Waals surface area contributed by atoms with Gasteiger partial charge in [0.1, 0.15) is 5.78 Å². The van der Waals surface area contributed by atoms with Gasteiger partial charge in [-0.2, -0.15) is 0 Å². The van der Waals surface area contributed by atoms with Crippen LogP contribution in [0.5, 0.6) is 0 Å². The molecule has 1 aliphatic heterocycles. The Morgan fingerprint density at radius 3 is 2.75 bits per heavy atom. The first-order valence-electron chi connectivity index (χ1n) is 9.36. The monoisotopic (exact) mass is 348 g/mol. The van der Waals surface area contributed by atoms with Gasteiger partial charge in [0, 0.05) is 36.7 Å². The number of hydrogen-bond acceptors (Lipinski definition) is 4. The van der Waals surface area contributed by atoms with E-state index in [2.05, 4.69) is 10.3 Å². The molecule has 1 aromatic rings. The summed E-state index contributed by atoms with van der Waals surface area (Å²) in [6, 6.07) is 0. The highest BCUT2D eigenvalue weighted by atomic mass is 32.1. The van der Waals surface area contributed by atoms with Crippen LogP contribution >= 0.6 is 11.3 Å². The second-order valence-corrected chi connectivity index (χ2v) is 8.23. The van der Waals surface area contributed by atoms with Crippen molar-refractivity contribution in [1.29, 1.82) is 0 Å². The molecule has 0 aromatic carbocycles. The summed E-state index contributed by atoms with van der Waals surface area (Å²) < 4.78 is 0. The number of piperidine rings is 1. The van der Waals surface area contributed by atoms with Gasteiger partial charge in [-0.15, -0.1) is 11.3 Å². The average Bonchev–Trinajstić information content (AvgIpc) is 3.09. The van der Waals surface area contributed by atoms with Crippen molar-refractivity contribution in [3.05, 3.63) is 16.1 Å². The molecule has 3 rings (SSSR count). The van der Waals surface area contributed by atoms with Crippen LogP contribution in [-0.4, -0.2) is 34.7 Å². The zero-order valence-corrected chi connectivity index (χ0v) is 15.4. The number of carbonyl (C=O) groups excluding carboxylic acids is 2. The maximum atomic E-state index is 12.8. The molecular formula is C19H28N2O2S. The highest BCUT2D eigenvalue weighted by Gasteiger charge is 2.31. The van der Waals surface area contributed by atoms with E-state index in [1.165, 1.54) is 19.3 Å². The van der Waals surface area contributed by atoms with Crippen molar-refractivity contribution < 1.29 is 9.59 Å². The first-order valence-corrected chi connectivity index (χ1v) is 10.2. The second-order valence-electron chi connectivity index (χ2n) is 7.34. The Hall–Kier alpha value is -1.23. The fraction of sp³-hybridized carbons (Fsp3) is 0.737. The molecule has 0 radical (unpaired) electrons. The van der Waals surface area contributed by atoms with Crippen molar-refractivity contribution >= 4 is 23.0 Å². The van der Waals surface area contributed by atoms with Crippen LogP contribution in [0.3, 0.4) is 0 Å². The van der Waals surface area contributed by atoms with Crippen molar-refractivity contribution in [2.24, 2.45) is 5.92 Å². The highest BCUT2D eigenvalue weighted by Crippen LogP contribution is 2.32. The fourth-order valence-corrected chi connectivity index (χ4v) is 4.90. The Kier molecular flexibility index (Phi) is 6.04. The number of carbonyl (C=O) groups is 2. The lowest BCUT2D eigenvalue weighted by atomic mass is 9.87. The first kappa shape index (κ1) is 17.6. The third-order valence-corrected chi connectivity index (χ3v) is 6.40. The summed E-state index contributed by atoms with van der Waals surface area (Å²) in [6.07, 6.45) is 9.36. The molecule has 1 amide bonds. The molecule has 2 heterocycles. The summed E-state index contributed by atoms with van der Waals surface area (Å²) in [5.41, 5.74) is 1.03. The number of thiazole rings is 1. The van der Waals surface area contributed by atoms with E-state index in [4.69, 9.17) is 4.98 Å². The van der Waals surface area contributed by atoms with E-state index >= 15 is 0 Å². The minimum atomic E-state index is 0.214. The number of Topliss-reactive ketones (excluding diaryl/α,β-unsaturated/α-hetero) is 1. The van der Waals surface area contributed by atoms with Gasteiger partial charge in [-0.3, -0.25) is 4.79 Å². The number of amides is 1. The largest absolute Gasteiger partial charge is 0.342 e. The molecule has 2 aliphatic rings. The van der Waals surface area contributed by atoms with Crippen molar-refractivity contribution in [3.8, 4) is 0 Å². The molecule has 1 atom stereocenters. The molecule has 0 spiro atoms. The number of likely N-dealkylation sites (tertiary alicyclic amines) is 1. The number of ketones is 1. The lowest BCUT2D eigenvalue weighted by Crippen LogP contribution is -2.42. The highest BCUT2D eigenvalue weighted by molar-refractivity contribution is 7.09. The Bertz CT molecular complexity index is 578. The van der Waals surface area contributed by atoms with Crippen LogP contribution in [0.25, 0.3) is 0 Å². The van der Waals surface area contributed by atoms with Crippen LogP contribution in [0.1, 0.15) is 74.9 Å². The van der Waals surface area contributed by atoms with Crippen LogP contribution in [0.4, 0.5) is 0 Å². The standard InChI is InChI=1S/C19H28N2O2S/c1-14(22)9-10-17-13-24-18(20-17)16-8-5-11-21(12-16)19(23)15-6-3-2-4-7-15/h13,15-16H,2-12H2,1H3. The SMILES string of the molecule is CC(=O)CCc1csc(C2CCCN(C(=O)C3CCCCC3)C2)n1. The summed E-state index contributed by atoms with van der Waals surface area (Å²) in [5, 5.41) is 3.23. The Morgan fingerprint density at radius 2 is 2.00 bits per heavy atom. The van der Waals surface area contributed by atoms with Gasteiger partial charge in [0.2, 0.25) is 5.91 Å². The van der Waals surface area contributed by atoms with Gasteiger partial charge in [-0.05, 0) is 39.0 Å². The molecular weight excluding hydrogens is 320 g/mol. The molecule has 4 nitrogen and oxygen atoms in total. The molecule has 1 aromatic heterocycles. The normalized spacial score (nSPS) is 22.5. The van der Waals surface area contributed by atoms with E-state index in [-0.39, 0.29) is 11.7 Å². The molecule has 0 bridgehead atoms. The summed E-state index contributed by atoms with van der Waals surface area (Å²) in [6.45, 7) is 3.37. The van der Waals surface area contributed by atoms with Gasteiger partial charge in [0.05, 0.1) is 10.7 Å². The minimum absolute atomic E-state index is 0.214. The molecule has 1 saturated heterocycles. The Morgan fingerprint density at radius 1 is 1.21 bits per heavy atom. The third kappa shape index (κ3) is 4.44. The maximum absolute atomic E-state index is 12.8. The van der Waals surface area contributed by atoms with Crippen LogP contribution in [-0.2, 0) is 16.0 Å². The molecule has 0 N–H and O–H groups in total. The quantitative estimate of drug-likeness (QED) is 0.809. The van der Waals surface area contributed by atoms with E-state index < -0.39 is 0 Å². The summed E-state index contributed by atoms with van der Waals surface area (Å²) in [7, 11) is 0. The van der Waals surface area contributed by atoms with E-state index in [1.54, 1.807) is 18.3 Å². The van der Waals surface area contributed by atoms with Crippen LogP contribution in [0, 0.1) is 5.92 Å². The third-order valence-electron chi connectivity index (χ3n) is 5.34. The molecule has 1 aliphatic carbocycles. The first-order chi connectivity index (χ1) is 11.6. The predicted octanol–water partition coefficient (Wildman–Crippen LogP) is 3.95. The lowest BCUT2D eigenvalue weighted by molar-refractivity contribution is -0.137. The van der Waals surface area contributed by atoms with Gasteiger partial charge >= 0.3 is 0 Å². The lowest BCUT2D eigenvalue weighted by Gasteiger charge is -2.35. The number of aryl methyl sites for hydroxylation is 1. The average molecular weight is 349 g/mol. The van der Waals surface area contributed by atoms with Gasteiger partial charge < -0.3 is 9.69 Å². The van der Waals surface area contributed by atoms with Crippen LogP contribution in [0.15, 0.2) is 5.38 Å². The Balaban J connectivity index is 1.58. The van der Waals surface area contributed by atoms with Gasteiger partial charge in [-0.25, -0.2) is 4.98 Å². The van der Waals surface area contributed by atoms with Crippen LogP contribution in [0.2, 0.25) is 0 Å². The van der Waals surface area contributed by atoms with E-state index in [9.17, 15) is 9.59 Å². The zero-order valence-electron chi connectivity index (χ0n) is 14.6. The number of rotatable bonds is 5. The topological polar surface area (TPSA) is 50.3 Å². The van der Waals surface area contributed by atoms with E-state index in [0.717, 1.165) is 55.9 Å². The Labute approximate surface area is 148 Å². The van der Waals surface area contributed by atoms with Crippen molar-refractivity contribution in [2.75, 3.05) is 13.1 Å². The second kappa shape index (κ2) is 8.24. The molecule has 2 fully saturated rings. The number of nitrogens with zero attached hydrogens (tertiary/aromatic N) is 2. The van der Waals surface area contributed by atoms with Gasteiger partial charge in [0.25, 0.3) is 0 Å². The summed E-state index contributed by atoms with van der Waals surface area (Å²) >= 11 is 1.70. The van der Waals surface area contributed by atoms with Gasteiger partial charge in [0.15, 0.2) is 0 Å². The minimum Gasteiger partial charge on any atom is -0.342 e. The van der Waals surface area contributed by atoms with Crippen molar-refractivity contribution in [3.63, 3.8) is 0 Å². The molecule has 24 heavy (non-hydrogen) atoms. The molecule has 1 unspecified atom stereocenters. The molecule has 1 saturated carbocycles. The summed E-state index contributed by atoms with van der Waals surface area (Å²) in [4.78, 5) is 30.7. The number of hydrogen-bond donors (Lipinski definition) is 0. The predicted molar refractivity (Wildman–Crippen MR) is 96.2 cm³/mol. The van der Waals surface area contributed by atoms with Crippen molar-refractivity contribution in [2.45, 2.75) is 70.6 Å². The smallest absolute Gasteiger partial charge is 0.225 e. The molecule has 132 valence electrons. The van der Waals surface area contributed by atoms with Gasteiger partial charge in [-0.1, -0.05) is 19.3 Å². The number of aromatic nitrogens is 1. The van der Waals surface area contributed by atoms with Crippen molar-refractivity contribution in [1.82, 2.24) is 9.88 Å². The maximum Gasteiger partial charge on any atom is 0.225 e. The van der Waals surface area contributed by atoms with Crippen LogP contribution < -0.4 is 0 Å². The van der Waals surface area contributed by atoms with E-state index in [1.807, 2.05) is 0 Å².